The van der Waals surface area contributed by atoms with Crippen LogP contribution in [-0.2, 0) is 7.05 Å². The molecule has 0 aliphatic carbocycles. The minimum atomic E-state index is -0.162. The molecule has 0 unspecified atom stereocenters. The lowest BCUT2D eigenvalue weighted by molar-refractivity contribution is 0.103. The fourth-order valence-electron chi connectivity index (χ4n) is 2.19. The molecule has 0 saturated carbocycles. The zero-order valence-electron chi connectivity index (χ0n) is 11.5. The lowest BCUT2D eigenvalue weighted by Crippen LogP contribution is -2.11. The fraction of sp³-hybridized carbons (Fsp3) is 0.214. The predicted molar refractivity (Wildman–Crippen MR) is 80.3 cm³/mol. The number of carbonyl (C=O) groups is 1. The van der Waals surface area contributed by atoms with Gasteiger partial charge in [-0.15, -0.1) is 5.10 Å². The molecule has 6 heteroatoms. The third-order valence-electron chi connectivity index (χ3n) is 3.40. The number of hydrogen-bond acceptors (Lipinski definition) is 4. The van der Waals surface area contributed by atoms with Gasteiger partial charge in [0.1, 0.15) is 4.88 Å². The second kappa shape index (κ2) is 4.72. The lowest BCUT2D eigenvalue weighted by atomic mass is 10.2. The smallest absolute Gasteiger partial charge is 0.269 e. The normalized spacial score (nSPS) is 10.9. The molecule has 1 amide bonds. The fourth-order valence-corrected chi connectivity index (χ4v) is 2.74. The summed E-state index contributed by atoms with van der Waals surface area (Å²) in [6.07, 6.45) is 0. The number of fused-ring (bicyclic) bond motifs is 1. The highest BCUT2D eigenvalue weighted by molar-refractivity contribution is 7.08. The van der Waals surface area contributed by atoms with Crippen molar-refractivity contribution in [3.05, 3.63) is 40.5 Å². The first kappa shape index (κ1) is 12.8. The van der Waals surface area contributed by atoms with Crippen molar-refractivity contribution in [3.8, 4) is 0 Å². The maximum atomic E-state index is 12.1. The zero-order valence-corrected chi connectivity index (χ0v) is 12.3. The molecule has 0 aliphatic rings. The molecule has 3 rings (SSSR count). The number of nitrogens with one attached hydrogen (secondary N) is 1. The number of amides is 1. The van der Waals surface area contributed by atoms with E-state index in [4.69, 9.17) is 0 Å². The number of aryl methyl sites for hydroxylation is 3. The minimum absolute atomic E-state index is 0.162. The van der Waals surface area contributed by atoms with E-state index in [1.165, 1.54) is 5.69 Å². The zero-order chi connectivity index (χ0) is 14.3. The molecule has 0 radical (unpaired) electrons. The molecule has 0 atom stereocenters. The number of anilines is 1. The number of benzene rings is 1. The Hall–Kier alpha value is -2.21. The summed E-state index contributed by atoms with van der Waals surface area (Å²) in [4.78, 5) is 12.7. The van der Waals surface area contributed by atoms with Gasteiger partial charge in [-0.2, -0.15) is 0 Å². The van der Waals surface area contributed by atoms with Crippen molar-refractivity contribution in [3.63, 3.8) is 0 Å². The Bertz CT molecular complexity index is 803. The number of aromatic nitrogens is 3. The van der Waals surface area contributed by atoms with E-state index in [1.54, 1.807) is 6.92 Å². The summed E-state index contributed by atoms with van der Waals surface area (Å²) >= 11 is 1.11. The first-order chi connectivity index (χ1) is 9.56. The van der Waals surface area contributed by atoms with Crippen LogP contribution in [0.25, 0.3) is 10.9 Å². The summed E-state index contributed by atoms with van der Waals surface area (Å²) < 4.78 is 5.90. The third kappa shape index (κ3) is 2.08. The lowest BCUT2D eigenvalue weighted by Gasteiger charge is -2.04. The van der Waals surface area contributed by atoms with E-state index >= 15 is 0 Å². The van der Waals surface area contributed by atoms with Gasteiger partial charge < -0.3 is 9.88 Å². The topological polar surface area (TPSA) is 59.8 Å². The van der Waals surface area contributed by atoms with Crippen molar-refractivity contribution >= 4 is 34.0 Å². The Kier molecular flexibility index (Phi) is 3.02. The van der Waals surface area contributed by atoms with Crippen LogP contribution < -0.4 is 5.32 Å². The Morgan fingerprint density at radius 2 is 2.10 bits per heavy atom. The first-order valence-electron chi connectivity index (χ1n) is 6.22. The predicted octanol–water partition coefficient (Wildman–Crippen LogP) is 2.90. The molecule has 20 heavy (non-hydrogen) atoms. The van der Waals surface area contributed by atoms with Crippen molar-refractivity contribution in [1.29, 1.82) is 0 Å². The molecule has 0 bridgehead atoms. The molecule has 0 saturated heterocycles. The summed E-state index contributed by atoms with van der Waals surface area (Å²) in [6.45, 7) is 3.84. The summed E-state index contributed by atoms with van der Waals surface area (Å²) in [5.74, 6) is -0.162. The molecule has 2 heterocycles. The van der Waals surface area contributed by atoms with E-state index in [1.807, 2.05) is 25.2 Å². The van der Waals surface area contributed by atoms with Crippen molar-refractivity contribution < 1.29 is 4.79 Å². The second-order valence-corrected chi connectivity index (χ2v) is 5.51. The number of rotatable bonds is 2. The van der Waals surface area contributed by atoms with Crippen LogP contribution in [-0.4, -0.2) is 20.1 Å². The quantitative estimate of drug-likeness (QED) is 0.788. The molecule has 1 N–H and O–H groups in total. The van der Waals surface area contributed by atoms with Gasteiger partial charge in [0, 0.05) is 29.3 Å². The minimum Gasteiger partial charge on any atom is -0.348 e. The largest absolute Gasteiger partial charge is 0.348 e. The second-order valence-electron chi connectivity index (χ2n) is 4.76. The summed E-state index contributed by atoms with van der Waals surface area (Å²) in [5.41, 5.74) is 3.77. The molecule has 1 aromatic carbocycles. The van der Waals surface area contributed by atoms with Crippen LogP contribution in [0.5, 0.6) is 0 Å². The Labute approximate surface area is 120 Å². The average molecular weight is 286 g/mol. The molecule has 2 aromatic heterocycles. The molecule has 102 valence electrons. The Morgan fingerprint density at radius 1 is 1.30 bits per heavy atom. The van der Waals surface area contributed by atoms with E-state index < -0.39 is 0 Å². The standard InChI is InChI=1S/C14H14N4OS/c1-8-6-10-7-11(4-5-12(10)18(8)3)15-14(19)13-9(2)16-17-20-13/h4-7H,1-3H3,(H,15,19). The Morgan fingerprint density at radius 3 is 2.80 bits per heavy atom. The number of nitrogens with zero attached hydrogens (tertiary/aromatic N) is 3. The van der Waals surface area contributed by atoms with Crippen LogP contribution in [0.3, 0.4) is 0 Å². The van der Waals surface area contributed by atoms with Gasteiger partial charge in [0.2, 0.25) is 0 Å². The van der Waals surface area contributed by atoms with Gasteiger partial charge in [-0.05, 0) is 49.6 Å². The van der Waals surface area contributed by atoms with E-state index in [2.05, 4.69) is 32.5 Å². The molecular weight excluding hydrogens is 272 g/mol. The molecule has 5 nitrogen and oxygen atoms in total. The molecular formula is C14H14N4OS. The molecule has 0 spiro atoms. The monoisotopic (exact) mass is 286 g/mol. The molecule has 0 aliphatic heterocycles. The molecule has 3 aromatic rings. The summed E-state index contributed by atoms with van der Waals surface area (Å²) in [7, 11) is 2.03. The van der Waals surface area contributed by atoms with Gasteiger partial charge in [-0.1, -0.05) is 4.49 Å². The average Bonchev–Trinajstić information content (AvgIpc) is 2.95. The van der Waals surface area contributed by atoms with Gasteiger partial charge in [0.15, 0.2) is 0 Å². The van der Waals surface area contributed by atoms with E-state index in [0.29, 0.717) is 10.6 Å². The van der Waals surface area contributed by atoms with Gasteiger partial charge in [-0.25, -0.2) is 0 Å². The highest BCUT2D eigenvalue weighted by Gasteiger charge is 2.13. The van der Waals surface area contributed by atoms with Crippen LogP contribution in [0.4, 0.5) is 5.69 Å². The Balaban J connectivity index is 1.92. The van der Waals surface area contributed by atoms with E-state index in [-0.39, 0.29) is 5.91 Å². The van der Waals surface area contributed by atoms with E-state index in [0.717, 1.165) is 28.1 Å². The van der Waals surface area contributed by atoms with Gasteiger partial charge in [0.05, 0.1) is 5.69 Å². The van der Waals surface area contributed by atoms with Crippen LogP contribution in [0, 0.1) is 13.8 Å². The van der Waals surface area contributed by atoms with Crippen LogP contribution >= 0.6 is 11.5 Å². The number of carbonyl (C=O) groups excluding carboxylic acids is 1. The van der Waals surface area contributed by atoms with Crippen molar-refractivity contribution in [1.82, 2.24) is 14.2 Å². The molecule has 0 fully saturated rings. The van der Waals surface area contributed by atoms with Crippen LogP contribution in [0.1, 0.15) is 21.1 Å². The van der Waals surface area contributed by atoms with Crippen molar-refractivity contribution in [2.24, 2.45) is 7.05 Å². The first-order valence-corrected chi connectivity index (χ1v) is 7.00. The number of hydrogen-bond donors (Lipinski definition) is 1. The van der Waals surface area contributed by atoms with Gasteiger partial charge in [0.25, 0.3) is 5.91 Å². The van der Waals surface area contributed by atoms with Gasteiger partial charge in [-0.3, -0.25) is 4.79 Å². The van der Waals surface area contributed by atoms with Crippen LogP contribution in [0.15, 0.2) is 24.3 Å². The SMILES string of the molecule is Cc1nnsc1C(=O)Nc1ccc2c(c1)cc(C)n2C. The summed E-state index contributed by atoms with van der Waals surface area (Å²) in [6, 6.07) is 7.99. The highest BCUT2D eigenvalue weighted by Crippen LogP contribution is 2.23. The highest BCUT2D eigenvalue weighted by atomic mass is 32.1. The van der Waals surface area contributed by atoms with Crippen molar-refractivity contribution in [2.75, 3.05) is 5.32 Å². The third-order valence-corrected chi connectivity index (χ3v) is 4.22. The summed E-state index contributed by atoms with van der Waals surface area (Å²) in [5, 5.41) is 7.85. The van der Waals surface area contributed by atoms with Crippen LogP contribution in [0.2, 0.25) is 0 Å². The van der Waals surface area contributed by atoms with E-state index in [9.17, 15) is 4.79 Å². The maximum absolute atomic E-state index is 12.1. The maximum Gasteiger partial charge on any atom is 0.269 e. The van der Waals surface area contributed by atoms with Crippen molar-refractivity contribution in [2.45, 2.75) is 13.8 Å². The van der Waals surface area contributed by atoms with Gasteiger partial charge >= 0.3 is 0 Å².